The minimum Gasteiger partial charge on any atom is -0.497 e. The number of rotatable bonds is 8. The molecule has 1 aromatic heterocycles. The van der Waals surface area contributed by atoms with Crippen LogP contribution in [0.15, 0.2) is 41.5 Å². The molecule has 1 heterocycles. The number of aromatic nitrogens is 2. The molecule has 0 atom stereocenters. The molecule has 0 unspecified atom stereocenters. The Kier molecular flexibility index (Phi) is 6.54. The predicted octanol–water partition coefficient (Wildman–Crippen LogP) is 1.56. The minimum absolute atomic E-state index is 0.0306. The fraction of sp³-hybridized carbons (Fsp3) is 0.389. The number of carbonyl (C=O) groups excluding carboxylic acids is 1. The summed E-state index contributed by atoms with van der Waals surface area (Å²) in [6, 6.07) is 9.20. The number of ether oxygens (including phenoxy) is 1. The molecule has 0 aliphatic rings. The maximum absolute atomic E-state index is 11.9. The van der Waals surface area contributed by atoms with Crippen molar-refractivity contribution in [1.82, 2.24) is 14.9 Å². The van der Waals surface area contributed by atoms with Gasteiger partial charge in [0.1, 0.15) is 5.75 Å². The summed E-state index contributed by atoms with van der Waals surface area (Å²) in [5, 5.41) is 2.83. The first-order valence-corrected chi connectivity index (χ1v) is 8.07. The van der Waals surface area contributed by atoms with Gasteiger partial charge in [0.2, 0.25) is 5.91 Å². The molecule has 0 saturated heterocycles. The van der Waals surface area contributed by atoms with Crippen molar-refractivity contribution < 1.29 is 9.53 Å². The van der Waals surface area contributed by atoms with Crippen molar-refractivity contribution in [1.29, 1.82) is 0 Å². The second kappa shape index (κ2) is 8.86. The van der Waals surface area contributed by atoms with E-state index in [0.717, 1.165) is 23.4 Å². The Hall–Kier alpha value is -2.63. The summed E-state index contributed by atoms with van der Waals surface area (Å²) in [5.74, 6) is 0.772. The van der Waals surface area contributed by atoms with Gasteiger partial charge in [0.05, 0.1) is 13.4 Å². The molecule has 1 aromatic carbocycles. The summed E-state index contributed by atoms with van der Waals surface area (Å²) in [5.41, 5.74) is 1.77. The van der Waals surface area contributed by atoms with Crippen LogP contribution in [-0.4, -0.2) is 29.1 Å². The first-order valence-electron chi connectivity index (χ1n) is 8.07. The lowest BCUT2D eigenvalue weighted by molar-refractivity contribution is -0.121. The van der Waals surface area contributed by atoms with Crippen molar-refractivity contribution >= 4 is 5.91 Å². The Morgan fingerprint density at radius 2 is 2.04 bits per heavy atom. The van der Waals surface area contributed by atoms with Crippen LogP contribution in [0.5, 0.6) is 5.75 Å². The number of methoxy groups -OCH3 is 1. The smallest absolute Gasteiger partial charge is 0.253 e. The first-order chi connectivity index (χ1) is 11.6. The number of nitrogens with zero attached hydrogens (tertiary/aromatic N) is 2. The number of benzene rings is 1. The Labute approximate surface area is 141 Å². The lowest BCUT2D eigenvalue weighted by atomic mass is 10.1. The molecule has 128 valence electrons. The van der Waals surface area contributed by atoms with Crippen LogP contribution in [0.25, 0.3) is 0 Å². The quantitative estimate of drug-likeness (QED) is 0.798. The van der Waals surface area contributed by atoms with Gasteiger partial charge in [-0.15, -0.1) is 0 Å². The molecule has 0 aliphatic carbocycles. The standard InChI is InChI=1S/C18H23N3O3/c1-3-15-12-18(23)21(13-20-15)11-10-19-17(22)9-6-14-4-7-16(24-2)8-5-14/h4-5,7-8,12-13H,3,6,9-11H2,1-2H3,(H,19,22). The summed E-state index contributed by atoms with van der Waals surface area (Å²) in [6.45, 7) is 2.79. The molecular weight excluding hydrogens is 306 g/mol. The van der Waals surface area contributed by atoms with Crippen LogP contribution >= 0.6 is 0 Å². The Morgan fingerprint density at radius 1 is 1.29 bits per heavy atom. The molecule has 6 nitrogen and oxygen atoms in total. The molecule has 2 aromatic rings. The summed E-state index contributed by atoms with van der Waals surface area (Å²) in [6.07, 6.45) is 3.35. The largest absolute Gasteiger partial charge is 0.497 e. The van der Waals surface area contributed by atoms with Crippen LogP contribution in [0, 0.1) is 0 Å². The Morgan fingerprint density at radius 3 is 2.67 bits per heavy atom. The zero-order valence-corrected chi connectivity index (χ0v) is 14.1. The lowest BCUT2D eigenvalue weighted by Crippen LogP contribution is -2.31. The summed E-state index contributed by atoms with van der Waals surface area (Å²) in [7, 11) is 1.62. The van der Waals surface area contributed by atoms with Crippen LogP contribution in [0.2, 0.25) is 0 Å². The zero-order valence-electron chi connectivity index (χ0n) is 14.1. The van der Waals surface area contributed by atoms with Crippen molar-refractivity contribution in [3.8, 4) is 5.75 Å². The van der Waals surface area contributed by atoms with Crippen LogP contribution in [0.3, 0.4) is 0 Å². The maximum atomic E-state index is 11.9. The van der Waals surface area contributed by atoms with E-state index in [1.165, 1.54) is 17.0 Å². The van der Waals surface area contributed by atoms with Crippen LogP contribution in [0.1, 0.15) is 24.6 Å². The van der Waals surface area contributed by atoms with E-state index in [2.05, 4.69) is 10.3 Å². The van der Waals surface area contributed by atoms with Crippen LogP contribution in [-0.2, 0) is 24.2 Å². The molecule has 24 heavy (non-hydrogen) atoms. The average molecular weight is 329 g/mol. The van der Waals surface area contributed by atoms with Gasteiger partial charge in [0.25, 0.3) is 5.56 Å². The van der Waals surface area contributed by atoms with Gasteiger partial charge in [0, 0.05) is 31.3 Å². The fourth-order valence-electron chi connectivity index (χ4n) is 2.28. The number of amides is 1. The second-order valence-electron chi connectivity index (χ2n) is 5.46. The van der Waals surface area contributed by atoms with E-state index in [0.29, 0.717) is 25.9 Å². The minimum atomic E-state index is -0.0886. The topological polar surface area (TPSA) is 73.2 Å². The maximum Gasteiger partial charge on any atom is 0.253 e. The number of hydrogen-bond donors (Lipinski definition) is 1. The van der Waals surface area contributed by atoms with Gasteiger partial charge < -0.3 is 10.1 Å². The molecule has 1 amide bonds. The molecule has 6 heteroatoms. The molecule has 1 N–H and O–H groups in total. The highest BCUT2D eigenvalue weighted by molar-refractivity contribution is 5.76. The van der Waals surface area contributed by atoms with E-state index in [4.69, 9.17) is 4.74 Å². The average Bonchev–Trinajstić information content (AvgIpc) is 2.61. The van der Waals surface area contributed by atoms with Crippen molar-refractivity contribution in [3.63, 3.8) is 0 Å². The van der Waals surface area contributed by atoms with Gasteiger partial charge in [-0.2, -0.15) is 0 Å². The third-order valence-corrected chi connectivity index (χ3v) is 3.77. The molecule has 0 bridgehead atoms. The zero-order chi connectivity index (χ0) is 17.4. The number of hydrogen-bond acceptors (Lipinski definition) is 4. The highest BCUT2D eigenvalue weighted by Crippen LogP contribution is 2.12. The number of nitrogens with one attached hydrogen (secondary N) is 1. The fourth-order valence-corrected chi connectivity index (χ4v) is 2.28. The molecule has 0 fully saturated rings. The first kappa shape index (κ1) is 17.7. The highest BCUT2D eigenvalue weighted by Gasteiger charge is 2.04. The predicted molar refractivity (Wildman–Crippen MR) is 92.2 cm³/mol. The second-order valence-corrected chi connectivity index (χ2v) is 5.46. The molecule has 2 rings (SSSR count). The Balaban J connectivity index is 1.74. The van der Waals surface area contributed by atoms with Gasteiger partial charge in [-0.05, 0) is 30.5 Å². The van der Waals surface area contributed by atoms with Gasteiger partial charge in [-0.3, -0.25) is 14.2 Å². The molecule has 0 saturated carbocycles. The van der Waals surface area contributed by atoms with E-state index in [1.54, 1.807) is 7.11 Å². The van der Waals surface area contributed by atoms with Crippen molar-refractivity contribution in [2.45, 2.75) is 32.7 Å². The van der Waals surface area contributed by atoms with Gasteiger partial charge in [0.15, 0.2) is 0 Å². The summed E-state index contributed by atoms with van der Waals surface area (Å²) < 4.78 is 6.60. The normalized spacial score (nSPS) is 10.4. The highest BCUT2D eigenvalue weighted by atomic mass is 16.5. The number of carbonyl (C=O) groups is 1. The molecule has 0 aliphatic heterocycles. The van der Waals surface area contributed by atoms with E-state index >= 15 is 0 Å². The van der Waals surface area contributed by atoms with Crippen LogP contribution < -0.4 is 15.6 Å². The van der Waals surface area contributed by atoms with Crippen molar-refractivity contribution in [2.75, 3.05) is 13.7 Å². The van der Waals surface area contributed by atoms with Crippen molar-refractivity contribution in [3.05, 3.63) is 58.3 Å². The van der Waals surface area contributed by atoms with E-state index in [1.807, 2.05) is 31.2 Å². The lowest BCUT2D eigenvalue weighted by Gasteiger charge is -2.08. The van der Waals surface area contributed by atoms with Gasteiger partial charge in [-0.25, -0.2) is 4.98 Å². The monoisotopic (exact) mass is 329 g/mol. The van der Waals surface area contributed by atoms with Gasteiger partial charge in [-0.1, -0.05) is 19.1 Å². The summed E-state index contributed by atoms with van der Waals surface area (Å²) >= 11 is 0. The van der Waals surface area contributed by atoms with Crippen molar-refractivity contribution in [2.24, 2.45) is 0 Å². The number of aryl methyl sites for hydroxylation is 2. The van der Waals surface area contributed by atoms with E-state index in [9.17, 15) is 9.59 Å². The van der Waals surface area contributed by atoms with Gasteiger partial charge >= 0.3 is 0 Å². The SMILES string of the molecule is CCc1cc(=O)n(CCNC(=O)CCc2ccc(OC)cc2)cn1. The Bertz CT molecular complexity index is 723. The molecule has 0 radical (unpaired) electrons. The van der Waals surface area contributed by atoms with Crippen LogP contribution in [0.4, 0.5) is 0 Å². The molecule has 0 spiro atoms. The third kappa shape index (κ3) is 5.22. The summed E-state index contributed by atoms with van der Waals surface area (Å²) in [4.78, 5) is 27.9. The van der Waals surface area contributed by atoms with E-state index in [-0.39, 0.29) is 11.5 Å². The molecular formula is C18H23N3O3. The third-order valence-electron chi connectivity index (χ3n) is 3.77. The van der Waals surface area contributed by atoms with E-state index < -0.39 is 0 Å².